The second-order valence-corrected chi connectivity index (χ2v) is 7.20. The highest BCUT2D eigenvalue weighted by Gasteiger charge is 2.14. The minimum atomic E-state index is -0.298. The molecule has 0 aliphatic heterocycles. The third-order valence-corrected chi connectivity index (χ3v) is 4.97. The molecule has 3 rings (SSSR count). The smallest absolute Gasteiger partial charge is 0.152 e. The largest absolute Gasteiger partial charge is 0.490 e. The Kier molecular flexibility index (Phi) is 7.46. The van der Waals surface area contributed by atoms with E-state index in [-0.39, 0.29) is 12.7 Å². The molecule has 0 aliphatic rings. The van der Waals surface area contributed by atoms with Crippen molar-refractivity contribution in [2.24, 2.45) is 5.73 Å². The van der Waals surface area contributed by atoms with Gasteiger partial charge >= 0.3 is 0 Å². The van der Waals surface area contributed by atoms with Gasteiger partial charge in [-0.25, -0.2) is 0 Å². The van der Waals surface area contributed by atoms with Crippen LogP contribution in [0.2, 0.25) is 0 Å². The maximum atomic E-state index is 9.33. The Labute approximate surface area is 177 Å². The number of rotatable bonds is 10. The van der Waals surface area contributed by atoms with Gasteiger partial charge in [0, 0.05) is 25.9 Å². The quantitative estimate of drug-likeness (QED) is 0.475. The molecule has 1 heterocycles. The molecule has 30 heavy (non-hydrogen) atoms. The van der Waals surface area contributed by atoms with E-state index in [4.69, 9.17) is 15.2 Å². The lowest BCUT2D eigenvalue weighted by molar-refractivity contribution is 0.0349. The maximum absolute atomic E-state index is 9.33. The first-order valence-electron chi connectivity index (χ1n) is 10.0. The number of hydrogen-bond acceptors (Lipinski definition) is 6. The number of ether oxygens (including phenoxy) is 2. The third-order valence-electron chi connectivity index (χ3n) is 4.97. The van der Waals surface area contributed by atoms with Crippen LogP contribution in [0.15, 0.2) is 48.7 Å². The molecule has 1 aromatic heterocycles. The fraction of sp³-hybridized carbons (Fsp3) is 0.348. The number of hydrogen-bond donors (Lipinski definition) is 3. The van der Waals surface area contributed by atoms with E-state index in [0.29, 0.717) is 25.5 Å². The zero-order valence-electron chi connectivity index (χ0n) is 17.8. The summed E-state index contributed by atoms with van der Waals surface area (Å²) in [6.07, 6.45) is 1.55. The van der Waals surface area contributed by atoms with E-state index in [9.17, 15) is 5.11 Å². The van der Waals surface area contributed by atoms with Crippen molar-refractivity contribution >= 4 is 11.5 Å². The molecule has 0 saturated carbocycles. The topological polar surface area (TPSA) is 94.6 Å². The van der Waals surface area contributed by atoms with Gasteiger partial charge in [0.05, 0.1) is 24.9 Å². The summed E-state index contributed by atoms with van der Waals surface area (Å²) >= 11 is 0. The molecule has 3 aromatic rings. The normalized spacial score (nSPS) is 12.0. The van der Waals surface area contributed by atoms with Crippen LogP contribution in [0.25, 0.3) is 11.1 Å². The molecule has 160 valence electrons. The minimum Gasteiger partial charge on any atom is -0.490 e. The first-order chi connectivity index (χ1) is 14.5. The molecule has 1 atom stereocenters. The standard InChI is InChI=1S/C23H30N4O3/c1-16-6-4-5-7-19(16)20-13-21(22(12-17(20)2)30-11-9-24)25-23-8-10-27(26-23)14-18(15-28)29-3/h4-8,10,12-13,18,28H,9,11,14-15,24H2,1-3H3,(H,25,26)/t18-/m0/s1. The molecule has 0 spiro atoms. The lowest BCUT2D eigenvalue weighted by Gasteiger charge is -2.17. The molecule has 7 heteroatoms. The fourth-order valence-electron chi connectivity index (χ4n) is 3.32. The Morgan fingerprint density at radius 3 is 2.63 bits per heavy atom. The Bertz CT molecular complexity index is 967. The summed E-state index contributed by atoms with van der Waals surface area (Å²) in [4.78, 5) is 0. The number of nitrogens with one attached hydrogen (secondary N) is 1. The van der Waals surface area contributed by atoms with Crippen molar-refractivity contribution in [1.29, 1.82) is 0 Å². The summed E-state index contributed by atoms with van der Waals surface area (Å²) in [6, 6.07) is 14.3. The lowest BCUT2D eigenvalue weighted by Crippen LogP contribution is -2.22. The minimum absolute atomic E-state index is 0.0616. The number of aliphatic hydroxyl groups excluding tert-OH is 1. The highest BCUT2D eigenvalue weighted by molar-refractivity contribution is 5.78. The number of aryl methyl sites for hydroxylation is 2. The molecule has 0 amide bonds. The molecule has 0 unspecified atom stereocenters. The van der Waals surface area contributed by atoms with E-state index in [1.807, 2.05) is 30.5 Å². The van der Waals surface area contributed by atoms with E-state index in [0.717, 1.165) is 22.6 Å². The summed E-state index contributed by atoms with van der Waals surface area (Å²) in [5.74, 6) is 1.41. The van der Waals surface area contributed by atoms with Gasteiger partial charge in [-0.1, -0.05) is 24.3 Å². The van der Waals surface area contributed by atoms with Crippen LogP contribution in [-0.4, -0.2) is 47.9 Å². The van der Waals surface area contributed by atoms with E-state index in [1.165, 1.54) is 11.1 Å². The van der Waals surface area contributed by atoms with Gasteiger partial charge in [0.25, 0.3) is 0 Å². The Balaban J connectivity index is 1.93. The number of aliphatic hydroxyl groups is 1. The van der Waals surface area contributed by atoms with Crippen LogP contribution in [-0.2, 0) is 11.3 Å². The average Bonchev–Trinajstić information content (AvgIpc) is 3.19. The van der Waals surface area contributed by atoms with E-state index < -0.39 is 0 Å². The molecule has 4 N–H and O–H groups in total. The average molecular weight is 411 g/mol. The zero-order valence-corrected chi connectivity index (χ0v) is 17.8. The second kappa shape index (κ2) is 10.2. The van der Waals surface area contributed by atoms with Gasteiger partial charge in [0.1, 0.15) is 12.4 Å². The fourth-order valence-corrected chi connectivity index (χ4v) is 3.32. The van der Waals surface area contributed by atoms with Crippen LogP contribution in [0.5, 0.6) is 5.75 Å². The molecular weight excluding hydrogens is 380 g/mol. The van der Waals surface area contributed by atoms with Crippen molar-refractivity contribution in [3.05, 3.63) is 59.8 Å². The molecule has 2 aromatic carbocycles. The maximum Gasteiger partial charge on any atom is 0.152 e. The van der Waals surface area contributed by atoms with Gasteiger partial charge in [-0.15, -0.1) is 0 Å². The van der Waals surface area contributed by atoms with Gasteiger partial charge in [0.15, 0.2) is 5.82 Å². The summed E-state index contributed by atoms with van der Waals surface area (Å²) in [5.41, 5.74) is 11.1. The second-order valence-electron chi connectivity index (χ2n) is 7.20. The van der Waals surface area contributed by atoms with Gasteiger partial charge < -0.3 is 25.6 Å². The Morgan fingerprint density at radius 2 is 1.93 bits per heavy atom. The van der Waals surface area contributed by atoms with Crippen LogP contribution in [0.1, 0.15) is 11.1 Å². The summed E-state index contributed by atoms with van der Waals surface area (Å²) in [6.45, 7) is 5.46. The molecule has 0 bridgehead atoms. The highest BCUT2D eigenvalue weighted by Crippen LogP contribution is 2.36. The van der Waals surface area contributed by atoms with Crippen molar-refractivity contribution in [3.63, 3.8) is 0 Å². The molecule has 0 saturated heterocycles. The molecule has 0 aliphatic carbocycles. The predicted octanol–water partition coefficient (Wildman–Crippen LogP) is 3.26. The van der Waals surface area contributed by atoms with Crippen molar-refractivity contribution in [1.82, 2.24) is 9.78 Å². The third kappa shape index (κ3) is 5.18. The van der Waals surface area contributed by atoms with E-state index >= 15 is 0 Å². The SMILES string of the molecule is CO[C@H](CO)Cn1ccc(Nc2cc(-c3ccccc3C)c(C)cc2OCCN)n1. The van der Waals surface area contributed by atoms with Gasteiger partial charge in [0.2, 0.25) is 0 Å². The van der Waals surface area contributed by atoms with Crippen molar-refractivity contribution in [2.45, 2.75) is 26.5 Å². The van der Waals surface area contributed by atoms with Gasteiger partial charge in [-0.05, 0) is 48.2 Å². The van der Waals surface area contributed by atoms with Crippen molar-refractivity contribution in [3.8, 4) is 16.9 Å². The first-order valence-corrected chi connectivity index (χ1v) is 10.0. The lowest BCUT2D eigenvalue weighted by atomic mass is 9.96. The number of benzene rings is 2. The zero-order chi connectivity index (χ0) is 21.5. The van der Waals surface area contributed by atoms with Crippen molar-refractivity contribution < 1.29 is 14.6 Å². The van der Waals surface area contributed by atoms with Crippen LogP contribution < -0.4 is 15.8 Å². The summed E-state index contributed by atoms with van der Waals surface area (Å²) < 4.78 is 12.9. The van der Waals surface area contributed by atoms with Crippen LogP contribution in [0.3, 0.4) is 0 Å². The number of anilines is 2. The molecule has 7 nitrogen and oxygen atoms in total. The van der Waals surface area contributed by atoms with Crippen molar-refractivity contribution in [2.75, 3.05) is 32.2 Å². The van der Waals surface area contributed by atoms with Crippen LogP contribution in [0.4, 0.5) is 11.5 Å². The summed E-state index contributed by atoms with van der Waals surface area (Å²) in [5, 5.41) is 17.2. The molecule has 0 radical (unpaired) electrons. The summed E-state index contributed by atoms with van der Waals surface area (Å²) in [7, 11) is 1.57. The number of methoxy groups -OCH3 is 1. The molecule has 0 fully saturated rings. The molecular formula is C23H30N4O3. The predicted molar refractivity (Wildman–Crippen MR) is 119 cm³/mol. The van der Waals surface area contributed by atoms with Crippen LogP contribution >= 0.6 is 0 Å². The van der Waals surface area contributed by atoms with E-state index in [2.05, 4.69) is 42.5 Å². The first kappa shape index (κ1) is 21.8. The van der Waals surface area contributed by atoms with Gasteiger partial charge in [-0.3, -0.25) is 4.68 Å². The number of nitrogens with two attached hydrogens (primary N) is 1. The number of nitrogens with zero attached hydrogens (tertiary/aromatic N) is 2. The van der Waals surface area contributed by atoms with E-state index in [1.54, 1.807) is 11.8 Å². The highest BCUT2D eigenvalue weighted by atomic mass is 16.5. The van der Waals surface area contributed by atoms with Crippen LogP contribution in [0, 0.1) is 13.8 Å². The Morgan fingerprint density at radius 1 is 1.13 bits per heavy atom. The number of aromatic nitrogens is 2. The monoisotopic (exact) mass is 410 g/mol. The Hall–Kier alpha value is -2.87. The van der Waals surface area contributed by atoms with Gasteiger partial charge in [-0.2, -0.15) is 5.10 Å².